The molecular weight excluding hydrogens is 122 g/mol. The van der Waals surface area contributed by atoms with E-state index < -0.39 is 0 Å². The molecule has 2 aliphatic rings. The van der Waals surface area contributed by atoms with Gasteiger partial charge < -0.3 is 5.73 Å². The first-order valence-corrected chi connectivity index (χ1v) is 3.93. The molecule has 10 heavy (non-hydrogen) atoms. The lowest BCUT2D eigenvalue weighted by Gasteiger charge is -1.98. The lowest BCUT2D eigenvalue weighted by atomic mass is 10.1. The third-order valence-corrected chi connectivity index (χ3v) is 2.35. The molecule has 2 rings (SSSR count). The predicted octanol–water partition coefficient (Wildman–Crippen LogP) is 1.82. The van der Waals surface area contributed by atoms with E-state index in [2.05, 4.69) is 19.1 Å². The molecule has 0 bridgehead atoms. The predicted molar refractivity (Wildman–Crippen MR) is 42.2 cm³/mol. The van der Waals surface area contributed by atoms with Gasteiger partial charge in [0.1, 0.15) is 0 Å². The zero-order chi connectivity index (χ0) is 7.14. The second-order valence-electron chi connectivity index (χ2n) is 3.42. The van der Waals surface area contributed by atoms with Crippen LogP contribution in [0.5, 0.6) is 0 Å². The summed E-state index contributed by atoms with van der Waals surface area (Å²) in [7, 11) is 0. The maximum absolute atomic E-state index is 5.80. The number of hydrogen-bond acceptors (Lipinski definition) is 1. The highest BCUT2D eigenvalue weighted by Gasteiger charge is 2.33. The van der Waals surface area contributed by atoms with Crippen molar-refractivity contribution in [3.63, 3.8) is 0 Å². The van der Waals surface area contributed by atoms with Crippen LogP contribution in [0.15, 0.2) is 23.4 Å². The third kappa shape index (κ3) is 0.859. The molecule has 0 spiro atoms. The summed E-state index contributed by atoms with van der Waals surface area (Å²) in [6, 6.07) is 0. The number of allylic oxidation sites excluding steroid dienone is 3. The number of hydrogen-bond donors (Lipinski definition) is 1. The quantitative estimate of drug-likeness (QED) is 0.504. The number of fused-ring (bicyclic) bond motifs is 1. The van der Waals surface area contributed by atoms with E-state index in [1.54, 1.807) is 5.57 Å². The van der Waals surface area contributed by atoms with Crippen LogP contribution in [0.3, 0.4) is 0 Å². The molecule has 0 saturated heterocycles. The Morgan fingerprint density at radius 3 is 3.20 bits per heavy atom. The Kier molecular flexibility index (Phi) is 1.13. The van der Waals surface area contributed by atoms with Crippen LogP contribution in [0, 0.1) is 11.8 Å². The van der Waals surface area contributed by atoms with E-state index in [1.165, 1.54) is 6.42 Å². The van der Waals surface area contributed by atoms with Crippen molar-refractivity contribution in [2.24, 2.45) is 17.6 Å². The number of rotatable bonds is 0. The molecular formula is C9H13N. The summed E-state index contributed by atoms with van der Waals surface area (Å²) >= 11 is 0. The van der Waals surface area contributed by atoms with Crippen LogP contribution in [-0.4, -0.2) is 0 Å². The smallest absolute Gasteiger partial charge is 0.0229 e. The SMILES string of the molecule is CC1C=C2CC2C(N)=CC1. The van der Waals surface area contributed by atoms with Crippen molar-refractivity contribution >= 4 is 0 Å². The van der Waals surface area contributed by atoms with Crippen molar-refractivity contribution in [1.29, 1.82) is 0 Å². The fourth-order valence-electron chi connectivity index (χ4n) is 1.59. The van der Waals surface area contributed by atoms with E-state index in [0.29, 0.717) is 11.8 Å². The molecule has 0 aromatic carbocycles. The molecule has 2 aliphatic carbocycles. The first kappa shape index (κ1) is 6.02. The summed E-state index contributed by atoms with van der Waals surface area (Å²) in [6.07, 6.45) is 6.92. The molecule has 0 aliphatic heterocycles. The normalized spacial score (nSPS) is 37.3. The summed E-state index contributed by atoms with van der Waals surface area (Å²) < 4.78 is 0. The Labute approximate surface area is 61.6 Å². The standard InChI is InChI=1S/C9H13N/c1-6-2-3-9(10)8-5-7(8)4-6/h3-4,6,8H,2,5,10H2,1H3. The van der Waals surface area contributed by atoms with E-state index in [4.69, 9.17) is 5.73 Å². The van der Waals surface area contributed by atoms with Crippen LogP contribution >= 0.6 is 0 Å². The van der Waals surface area contributed by atoms with Gasteiger partial charge in [-0.1, -0.05) is 24.6 Å². The van der Waals surface area contributed by atoms with Gasteiger partial charge in [0.15, 0.2) is 0 Å². The maximum Gasteiger partial charge on any atom is 0.0229 e. The van der Waals surface area contributed by atoms with Gasteiger partial charge in [0.25, 0.3) is 0 Å². The third-order valence-electron chi connectivity index (χ3n) is 2.35. The van der Waals surface area contributed by atoms with Gasteiger partial charge in [0, 0.05) is 11.6 Å². The van der Waals surface area contributed by atoms with Gasteiger partial charge in [-0.15, -0.1) is 0 Å². The first-order chi connectivity index (χ1) is 4.77. The Hall–Kier alpha value is -0.720. The second kappa shape index (κ2) is 1.88. The van der Waals surface area contributed by atoms with Gasteiger partial charge in [-0.05, 0) is 18.8 Å². The second-order valence-corrected chi connectivity index (χ2v) is 3.42. The molecule has 1 nitrogen and oxygen atoms in total. The molecule has 0 heterocycles. The van der Waals surface area contributed by atoms with Crippen LogP contribution in [0.25, 0.3) is 0 Å². The molecule has 0 amide bonds. The number of nitrogens with two attached hydrogens (primary N) is 1. The van der Waals surface area contributed by atoms with Crippen molar-refractivity contribution in [2.45, 2.75) is 19.8 Å². The van der Waals surface area contributed by atoms with Crippen molar-refractivity contribution in [1.82, 2.24) is 0 Å². The highest BCUT2D eigenvalue weighted by atomic mass is 14.6. The molecule has 2 atom stereocenters. The zero-order valence-corrected chi connectivity index (χ0v) is 6.30. The van der Waals surface area contributed by atoms with Gasteiger partial charge in [0.05, 0.1) is 0 Å². The van der Waals surface area contributed by atoms with E-state index >= 15 is 0 Å². The molecule has 0 radical (unpaired) electrons. The molecule has 54 valence electrons. The largest absolute Gasteiger partial charge is 0.402 e. The molecule has 2 unspecified atom stereocenters. The Bertz CT molecular complexity index is 213. The highest BCUT2D eigenvalue weighted by Crippen LogP contribution is 2.44. The Morgan fingerprint density at radius 2 is 2.40 bits per heavy atom. The van der Waals surface area contributed by atoms with Crippen molar-refractivity contribution in [3.05, 3.63) is 23.4 Å². The molecule has 2 N–H and O–H groups in total. The topological polar surface area (TPSA) is 26.0 Å². The maximum atomic E-state index is 5.80. The highest BCUT2D eigenvalue weighted by molar-refractivity contribution is 5.36. The fourth-order valence-corrected chi connectivity index (χ4v) is 1.59. The summed E-state index contributed by atoms with van der Waals surface area (Å²) in [6.45, 7) is 2.25. The van der Waals surface area contributed by atoms with Crippen molar-refractivity contribution < 1.29 is 0 Å². The molecule has 0 aromatic heterocycles. The van der Waals surface area contributed by atoms with Gasteiger partial charge in [0.2, 0.25) is 0 Å². The van der Waals surface area contributed by atoms with Crippen molar-refractivity contribution in [3.8, 4) is 0 Å². The zero-order valence-electron chi connectivity index (χ0n) is 6.30. The van der Waals surface area contributed by atoms with Crippen LogP contribution in [0.4, 0.5) is 0 Å². The molecule has 0 aromatic rings. The minimum absolute atomic E-state index is 0.643. The lowest BCUT2D eigenvalue weighted by molar-refractivity contribution is 0.740. The molecule has 1 heteroatoms. The molecule has 1 saturated carbocycles. The average molecular weight is 135 g/mol. The lowest BCUT2D eigenvalue weighted by Crippen LogP contribution is -1.98. The van der Waals surface area contributed by atoms with Crippen LogP contribution in [-0.2, 0) is 0 Å². The Balaban J connectivity index is 2.25. The Morgan fingerprint density at radius 1 is 1.60 bits per heavy atom. The minimum atomic E-state index is 0.643. The average Bonchev–Trinajstić information content (AvgIpc) is 2.60. The first-order valence-electron chi connectivity index (χ1n) is 3.93. The van der Waals surface area contributed by atoms with E-state index in [-0.39, 0.29) is 0 Å². The summed E-state index contributed by atoms with van der Waals surface area (Å²) in [5.74, 6) is 1.35. The van der Waals surface area contributed by atoms with Crippen LogP contribution < -0.4 is 5.73 Å². The van der Waals surface area contributed by atoms with Gasteiger partial charge in [-0.25, -0.2) is 0 Å². The van der Waals surface area contributed by atoms with Crippen molar-refractivity contribution in [2.75, 3.05) is 0 Å². The van der Waals surface area contributed by atoms with Crippen LogP contribution in [0.2, 0.25) is 0 Å². The van der Waals surface area contributed by atoms with E-state index in [9.17, 15) is 0 Å². The summed E-state index contributed by atoms with van der Waals surface area (Å²) in [4.78, 5) is 0. The van der Waals surface area contributed by atoms with E-state index in [1.807, 2.05) is 0 Å². The monoisotopic (exact) mass is 135 g/mol. The van der Waals surface area contributed by atoms with Crippen LogP contribution in [0.1, 0.15) is 19.8 Å². The minimum Gasteiger partial charge on any atom is -0.402 e. The van der Waals surface area contributed by atoms with Gasteiger partial charge in [-0.3, -0.25) is 0 Å². The van der Waals surface area contributed by atoms with E-state index in [0.717, 1.165) is 12.1 Å². The fraction of sp³-hybridized carbons (Fsp3) is 0.556. The summed E-state index contributed by atoms with van der Waals surface area (Å²) in [5, 5.41) is 0. The van der Waals surface area contributed by atoms with Gasteiger partial charge >= 0.3 is 0 Å². The molecule has 1 fully saturated rings. The van der Waals surface area contributed by atoms with Gasteiger partial charge in [-0.2, -0.15) is 0 Å². The summed E-state index contributed by atoms with van der Waals surface area (Å²) in [5.41, 5.74) is 8.48.